The Balaban J connectivity index is 1.97. The highest BCUT2D eigenvalue weighted by molar-refractivity contribution is 6.31. The standard InChI is InChI=1S/C16H16ClF3N6O/c17-14-6-3-11(7-13(14)16(18,19)20)24-15(27)8-23-10-1-4-12(5-2-10)26(9-21)25-22/h1-7,22-23H,8-9,21H2,(H,24,27)/p+1. The molecular weight excluding hydrogens is 385 g/mol. The van der Waals surface area contributed by atoms with E-state index < -0.39 is 22.7 Å². The summed E-state index contributed by atoms with van der Waals surface area (Å²) in [6.07, 6.45) is -4.61. The topological polar surface area (TPSA) is 109 Å². The van der Waals surface area contributed by atoms with Crippen molar-refractivity contribution in [3.63, 3.8) is 0 Å². The number of carbonyl (C=O) groups excluding carboxylic acids is 1. The highest BCUT2D eigenvalue weighted by Crippen LogP contribution is 2.36. The van der Waals surface area contributed by atoms with E-state index in [0.29, 0.717) is 11.4 Å². The van der Waals surface area contributed by atoms with Crippen LogP contribution in [-0.4, -0.2) is 23.8 Å². The van der Waals surface area contributed by atoms with E-state index in [2.05, 4.69) is 15.9 Å². The predicted octanol–water partition coefficient (Wildman–Crippen LogP) is 3.30. The summed E-state index contributed by atoms with van der Waals surface area (Å²) in [5, 5.41) is 8.29. The molecule has 7 nitrogen and oxygen atoms in total. The van der Waals surface area contributed by atoms with E-state index >= 15 is 0 Å². The molecule has 144 valence electrons. The molecule has 11 heteroatoms. The molecule has 0 saturated heterocycles. The van der Waals surface area contributed by atoms with Crippen molar-refractivity contribution in [3.05, 3.63) is 53.1 Å². The minimum atomic E-state index is -4.61. The zero-order valence-electron chi connectivity index (χ0n) is 13.9. The first-order valence-corrected chi connectivity index (χ1v) is 8.01. The van der Waals surface area contributed by atoms with Crippen molar-refractivity contribution in [2.75, 3.05) is 23.8 Å². The molecule has 0 heterocycles. The molecule has 0 radical (unpaired) electrons. The number of rotatable bonds is 6. The number of carbonyl (C=O) groups is 1. The number of alkyl halides is 3. The quantitative estimate of drug-likeness (QED) is 0.196. The first-order valence-electron chi connectivity index (χ1n) is 7.63. The lowest BCUT2D eigenvalue weighted by Crippen LogP contribution is -2.22. The molecule has 0 fully saturated rings. The first-order chi connectivity index (χ1) is 12.7. The van der Waals surface area contributed by atoms with Crippen LogP contribution in [0.5, 0.6) is 0 Å². The van der Waals surface area contributed by atoms with Crippen LogP contribution in [0.25, 0.3) is 0 Å². The smallest absolute Gasteiger partial charge is 0.376 e. The fraction of sp³-hybridized carbons (Fsp3) is 0.188. The van der Waals surface area contributed by atoms with Gasteiger partial charge in [0.25, 0.3) is 0 Å². The van der Waals surface area contributed by atoms with Gasteiger partial charge in [-0.1, -0.05) is 11.6 Å². The normalized spacial score (nSPS) is 12.0. The molecule has 0 aromatic heterocycles. The van der Waals surface area contributed by atoms with E-state index in [-0.39, 0.29) is 18.9 Å². The van der Waals surface area contributed by atoms with E-state index in [1.165, 1.54) is 10.8 Å². The molecule has 2 aromatic rings. The maximum atomic E-state index is 12.8. The molecule has 0 aliphatic carbocycles. The Morgan fingerprint density at radius 2 is 1.78 bits per heavy atom. The SMILES string of the molecule is NC/[N+](=N\N)c1ccc(NCC(=O)Nc2ccc(Cl)c(C(F)(F)F)c2)cc1. The average molecular weight is 402 g/mol. The summed E-state index contributed by atoms with van der Waals surface area (Å²) >= 11 is 5.54. The van der Waals surface area contributed by atoms with Gasteiger partial charge in [-0.3, -0.25) is 10.5 Å². The van der Waals surface area contributed by atoms with Crippen molar-refractivity contribution in [3.8, 4) is 0 Å². The van der Waals surface area contributed by atoms with E-state index in [1.807, 2.05) is 0 Å². The maximum Gasteiger partial charge on any atom is 0.417 e. The molecule has 0 aliphatic rings. The summed E-state index contributed by atoms with van der Waals surface area (Å²) in [7, 11) is 0. The van der Waals surface area contributed by atoms with Gasteiger partial charge in [-0.15, -0.1) is 4.70 Å². The van der Waals surface area contributed by atoms with Crippen molar-refractivity contribution in [2.45, 2.75) is 6.18 Å². The van der Waals surface area contributed by atoms with Gasteiger partial charge in [0, 0.05) is 11.4 Å². The van der Waals surface area contributed by atoms with Gasteiger partial charge < -0.3 is 10.6 Å². The van der Waals surface area contributed by atoms with E-state index in [4.69, 9.17) is 23.2 Å². The predicted molar refractivity (Wildman–Crippen MR) is 95.6 cm³/mol. The Bertz CT molecular complexity index is 839. The van der Waals surface area contributed by atoms with Crippen molar-refractivity contribution < 1.29 is 22.7 Å². The summed E-state index contributed by atoms with van der Waals surface area (Å²) in [5.41, 5.74) is 5.74. The van der Waals surface area contributed by atoms with Crippen LogP contribution < -0.4 is 22.2 Å². The number of amides is 1. The Hall–Kier alpha value is -2.85. The summed E-state index contributed by atoms with van der Waals surface area (Å²) in [4.78, 5) is 12.0. The van der Waals surface area contributed by atoms with Crippen LogP contribution in [-0.2, 0) is 11.0 Å². The van der Waals surface area contributed by atoms with Crippen LogP contribution in [0.3, 0.4) is 0 Å². The van der Waals surface area contributed by atoms with Gasteiger partial charge in [-0.2, -0.15) is 19.0 Å². The summed E-state index contributed by atoms with van der Waals surface area (Å²) in [5.74, 6) is 4.68. The second-order valence-corrected chi connectivity index (χ2v) is 5.75. The third-order valence-corrected chi connectivity index (χ3v) is 3.82. The number of halogens is 4. The minimum absolute atomic E-state index is 0.00276. The van der Waals surface area contributed by atoms with Crippen molar-refractivity contribution in [2.24, 2.45) is 16.8 Å². The first kappa shape index (κ1) is 20.5. The molecule has 0 bridgehead atoms. The van der Waals surface area contributed by atoms with Gasteiger partial charge >= 0.3 is 6.18 Å². The number of nitrogens with two attached hydrogens (primary N) is 2. The van der Waals surface area contributed by atoms with Gasteiger partial charge in [-0.25, -0.2) is 0 Å². The third kappa shape index (κ3) is 5.56. The lowest BCUT2D eigenvalue weighted by atomic mass is 10.2. The Labute approximate surface area is 157 Å². The van der Waals surface area contributed by atoms with Crippen LogP contribution in [0.1, 0.15) is 5.56 Å². The molecule has 0 unspecified atom stereocenters. The van der Waals surface area contributed by atoms with Crippen molar-refractivity contribution >= 4 is 34.6 Å². The van der Waals surface area contributed by atoms with Crippen LogP contribution >= 0.6 is 11.6 Å². The number of hydrogen-bond acceptors (Lipinski definition) is 4. The van der Waals surface area contributed by atoms with Gasteiger partial charge in [0.1, 0.15) is 0 Å². The monoisotopic (exact) mass is 401 g/mol. The fourth-order valence-corrected chi connectivity index (χ4v) is 2.40. The van der Waals surface area contributed by atoms with Gasteiger partial charge in [0.2, 0.25) is 5.91 Å². The summed E-state index contributed by atoms with van der Waals surface area (Å²) in [6.45, 7) is -0.0438. The number of anilines is 2. The molecule has 0 saturated carbocycles. The highest BCUT2D eigenvalue weighted by atomic mass is 35.5. The molecule has 0 atom stereocenters. The largest absolute Gasteiger partial charge is 0.417 e. The molecule has 0 spiro atoms. The molecule has 0 aliphatic heterocycles. The number of hydrogen-bond donors (Lipinski definition) is 4. The highest BCUT2D eigenvalue weighted by Gasteiger charge is 2.33. The third-order valence-electron chi connectivity index (χ3n) is 3.49. The van der Waals surface area contributed by atoms with Crippen molar-refractivity contribution in [1.29, 1.82) is 0 Å². The van der Waals surface area contributed by atoms with E-state index in [1.54, 1.807) is 24.3 Å². The average Bonchev–Trinajstić information content (AvgIpc) is 2.63. The number of nitrogens with one attached hydrogen (secondary N) is 2. The molecule has 1 amide bonds. The van der Waals surface area contributed by atoms with Crippen LogP contribution in [0.15, 0.2) is 47.7 Å². The zero-order valence-corrected chi connectivity index (χ0v) is 14.7. The molecule has 6 N–H and O–H groups in total. The zero-order chi connectivity index (χ0) is 20.0. The molecular formula is C16H17ClF3N6O+. The summed E-state index contributed by atoms with van der Waals surface area (Å²) in [6, 6.07) is 9.91. The second-order valence-electron chi connectivity index (χ2n) is 5.34. The van der Waals surface area contributed by atoms with Gasteiger partial charge in [0.05, 0.1) is 22.4 Å². The number of benzene rings is 2. The van der Waals surface area contributed by atoms with Gasteiger partial charge in [0.15, 0.2) is 12.4 Å². The van der Waals surface area contributed by atoms with E-state index in [9.17, 15) is 18.0 Å². The Kier molecular flexibility index (Phi) is 6.59. The van der Waals surface area contributed by atoms with Gasteiger partial charge in [-0.05, 0) is 42.5 Å². The second kappa shape index (κ2) is 8.69. The van der Waals surface area contributed by atoms with Crippen LogP contribution in [0.2, 0.25) is 5.02 Å². The van der Waals surface area contributed by atoms with Crippen LogP contribution in [0, 0.1) is 0 Å². The van der Waals surface area contributed by atoms with Crippen molar-refractivity contribution in [1.82, 2.24) is 0 Å². The Morgan fingerprint density at radius 1 is 1.15 bits per heavy atom. The lowest BCUT2D eigenvalue weighted by molar-refractivity contribution is -0.514. The lowest BCUT2D eigenvalue weighted by Gasteiger charge is -2.12. The molecule has 2 aromatic carbocycles. The maximum absolute atomic E-state index is 12.8. The molecule has 2 rings (SSSR count). The number of nitrogens with zero attached hydrogens (tertiary/aromatic N) is 2. The van der Waals surface area contributed by atoms with E-state index in [0.717, 1.165) is 12.1 Å². The minimum Gasteiger partial charge on any atom is -0.376 e. The molecule has 27 heavy (non-hydrogen) atoms. The van der Waals surface area contributed by atoms with Crippen LogP contribution in [0.4, 0.5) is 30.2 Å². The Morgan fingerprint density at radius 3 is 2.33 bits per heavy atom. The summed E-state index contributed by atoms with van der Waals surface area (Å²) < 4.78 is 39.9. The fourth-order valence-electron chi connectivity index (χ4n) is 2.18.